The van der Waals surface area contributed by atoms with Gasteiger partial charge in [0.15, 0.2) is 0 Å². The van der Waals surface area contributed by atoms with Gasteiger partial charge in [0.25, 0.3) is 0 Å². The highest BCUT2D eigenvalue weighted by Gasteiger charge is 2.20. The van der Waals surface area contributed by atoms with Gasteiger partial charge in [-0.15, -0.1) is 12.4 Å². The number of halogens is 1. The van der Waals surface area contributed by atoms with Crippen molar-refractivity contribution in [2.75, 3.05) is 13.1 Å². The summed E-state index contributed by atoms with van der Waals surface area (Å²) in [7, 11) is 0. The molecule has 2 atom stereocenters. The standard InChI is InChI=1S/C28H28N6.ClH/c1-3-23(29-13-1)27-31-21-11-9-19(15-25(21)33-27)17-5-7-18(8-6-17)20-10-12-22-26(16-20)34-28(32-22)24-4-2-14-30-24;/h5-12,15-16,23-24,29-30H,1-4,13-14H2,(H,31,33)(H,32,34);1H/t23-,24-;/m0./s1. The predicted molar refractivity (Wildman–Crippen MR) is 144 cm³/mol. The van der Waals surface area contributed by atoms with Crippen molar-refractivity contribution in [1.29, 1.82) is 0 Å². The van der Waals surface area contributed by atoms with Crippen LogP contribution in [0.5, 0.6) is 0 Å². The van der Waals surface area contributed by atoms with Crippen LogP contribution in [0, 0.1) is 0 Å². The summed E-state index contributed by atoms with van der Waals surface area (Å²) < 4.78 is 0. The van der Waals surface area contributed by atoms with Gasteiger partial charge in [0.2, 0.25) is 0 Å². The van der Waals surface area contributed by atoms with Crippen molar-refractivity contribution in [1.82, 2.24) is 30.6 Å². The van der Waals surface area contributed by atoms with E-state index >= 15 is 0 Å². The Kier molecular flexibility index (Phi) is 5.80. The molecule has 6 nitrogen and oxygen atoms in total. The van der Waals surface area contributed by atoms with E-state index in [-0.39, 0.29) is 12.4 Å². The number of hydrogen-bond acceptors (Lipinski definition) is 4. The number of nitrogens with one attached hydrogen (secondary N) is 4. The molecule has 2 saturated heterocycles. The minimum Gasteiger partial charge on any atom is -0.341 e. The molecule has 4 N–H and O–H groups in total. The number of rotatable bonds is 4. The number of hydrogen-bond donors (Lipinski definition) is 4. The third kappa shape index (κ3) is 4.12. The first kappa shape index (κ1) is 22.3. The Hall–Kier alpha value is -3.19. The van der Waals surface area contributed by atoms with E-state index in [9.17, 15) is 0 Å². The molecular weight excluding hydrogens is 456 g/mol. The van der Waals surface area contributed by atoms with Crippen molar-refractivity contribution in [3.05, 3.63) is 72.3 Å². The zero-order chi connectivity index (χ0) is 22.5. The molecule has 0 saturated carbocycles. The minimum absolute atomic E-state index is 0. The Morgan fingerprint density at radius 3 is 1.40 bits per heavy atom. The van der Waals surface area contributed by atoms with Gasteiger partial charge in [-0.3, -0.25) is 0 Å². The molecular formula is C28H29ClN6. The molecule has 3 aromatic carbocycles. The molecule has 0 aliphatic carbocycles. The lowest BCUT2D eigenvalue weighted by Gasteiger charge is -2.06. The fourth-order valence-corrected chi connectivity index (χ4v) is 5.44. The van der Waals surface area contributed by atoms with Gasteiger partial charge in [-0.25, -0.2) is 9.97 Å². The smallest absolute Gasteiger partial charge is 0.124 e. The first-order valence-corrected chi connectivity index (χ1v) is 12.4. The van der Waals surface area contributed by atoms with Crippen molar-refractivity contribution in [3.8, 4) is 22.3 Å². The Bertz CT molecular complexity index is 1360. The number of nitrogens with zero attached hydrogens (tertiary/aromatic N) is 2. The van der Waals surface area contributed by atoms with Gasteiger partial charge in [-0.2, -0.15) is 0 Å². The summed E-state index contributed by atoms with van der Waals surface area (Å²) in [6.07, 6.45) is 4.73. The fraction of sp³-hybridized carbons (Fsp3) is 0.286. The fourth-order valence-electron chi connectivity index (χ4n) is 5.44. The number of aromatic amines is 2. The van der Waals surface area contributed by atoms with Gasteiger partial charge in [0, 0.05) is 0 Å². The van der Waals surface area contributed by atoms with Gasteiger partial charge in [0.05, 0.1) is 34.2 Å². The normalized spacial score (nSPS) is 20.0. The Morgan fingerprint density at radius 2 is 1.00 bits per heavy atom. The van der Waals surface area contributed by atoms with Crippen LogP contribution in [-0.2, 0) is 0 Å². The lowest BCUT2D eigenvalue weighted by Crippen LogP contribution is -2.13. The summed E-state index contributed by atoms with van der Waals surface area (Å²) in [6.45, 7) is 2.15. The molecule has 0 unspecified atom stereocenters. The largest absolute Gasteiger partial charge is 0.341 e. The van der Waals surface area contributed by atoms with Crippen molar-refractivity contribution in [3.63, 3.8) is 0 Å². The SMILES string of the molecule is Cl.c1cc(-c2ccc3nc([C@@H]4CCCN4)[nH]c3c2)ccc1-c1ccc2nc([C@@H]3CCCN3)[nH]c2c1. The molecule has 4 heterocycles. The topological polar surface area (TPSA) is 81.4 Å². The van der Waals surface area contributed by atoms with Crippen LogP contribution in [0.2, 0.25) is 0 Å². The average molecular weight is 485 g/mol. The molecule has 2 aromatic heterocycles. The zero-order valence-corrected chi connectivity index (χ0v) is 20.3. The van der Waals surface area contributed by atoms with Crippen LogP contribution >= 0.6 is 12.4 Å². The first-order chi connectivity index (χ1) is 16.8. The van der Waals surface area contributed by atoms with Crippen molar-refractivity contribution in [2.24, 2.45) is 0 Å². The van der Waals surface area contributed by atoms with E-state index in [2.05, 4.69) is 81.3 Å². The molecule has 35 heavy (non-hydrogen) atoms. The van der Waals surface area contributed by atoms with Crippen LogP contribution < -0.4 is 10.6 Å². The van der Waals surface area contributed by atoms with Gasteiger partial charge in [0.1, 0.15) is 11.6 Å². The second-order valence-electron chi connectivity index (χ2n) is 9.58. The van der Waals surface area contributed by atoms with Crippen LogP contribution in [0.3, 0.4) is 0 Å². The van der Waals surface area contributed by atoms with Crippen LogP contribution in [-0.4, -0.2) is 33.0 Å². The first-order valence-electron chi connectivity index (χ1n) is 12.4. The van der Waals surface area contributed by atoms with Crippen LogP contribution in [0.25, 0.3) is 44.3 Å². The van der Waals surface area contributed by atoms with E-state index in [0.717, 1.165) is 59.6 Å². The minimum atomic E-state index is 0. The number of benzene rings is 3. The summed E-state index contributed by atoms with van der Waals surface area (Å²) >= 11 is 0. The summed E-state index contributed by atoms with van der Waals surface area (Å²) in [4.78, 5) is 16.7. The molecule has 2 aliphatic heterocycles. The van der Waals surface area contributed by atoms with E-state index in [0.29, 0.717) is 12.1 Å². The third-order valence-corrected chi connectivity index (χ3v) is 7.33. The Balaban J connectivity index is 0.00000229. The maximum atomic E-state index is 4.80. The van der Waals surface area contributed by atoms with Crippen molar-refractivity contribution >= 4 is 34.5 Å². The summed E-state index contributed by atoms with van der Waals surface area (Å²) in [5, 5.41) is 7.05. The third-order valence-electron chi connectivity index (χ3n) is 7.33. The molecule has 2 fully saturated rings. The average Bonchev–Trinajstić information content (AvgIpc) is 3.69. The summed E-state index contributed by atoms with van der Waals surface area (Å²) in [6, 6.07) is 22.5. The number of fused-ring (bicyclic) bond motifs is 2. The number of H-pyrrole nitrogens is 2. The molecule has 7 heteroatoms. The Morgan fingerprint density at radius 1 is 0.571 bits per heavy atom. The van der Waals surface area contributed by atoms with Crippen LogP contribution in [0.15, 0.2) is 60.7 Å². The summed E-state index contributed by atoms with van der Waals surface area (Å²) in [5.41, 5.74) is 9.08. The molecule has 0 amide bonds. The second-order valence-corrected chi connectivity index (χ2v) is 9.58. The molecule has 0 spiro atoms. The molecule has 7 rings (SSSR count). The van der Waals surface area contributed by atoms with Crippen LogP contribution in [0.1, 0.15) is 49.4 Å². The molecule has 2 aliphatic rings. The highest BCUT2D eigenvalue weighted by atomic mass is 35.5. The van der Waals surface area contributed by atoms with Gasteiger partial charge < -0.3 is 20.6 Å². The van der Waals surface area contributed by atoms with Gasteiger partial charge in [-0.1, -0.05) is 36.4 Å². The number of aromatic nitrogens is 4. The quantitative estimate of drug-likeness (QED) is 0.250. The van der Waals surface area contributed by atoms with E-state index in [1.54, 1.807) is 0 Å². The lowest BCUT2D eigenvalue weighted by molar-refractivity contribution is 0.614. The monoisotopic (exact) mass is 484 g/mol. The molecule has 0 bridgehead atoms. The lowest BCUT2D eigenvalue weighted by atomic mass is 10.00. The Labute approximate surface area is 210 Å². The maximum Gasteiger partial charge on any atom is 0.124 e. The second kappa shape index (κ2) is 9.11. The highest BCUT2D eigenvalue weighted by molar-refractivity contribution is 5.85. The predicted octanol–water partition coefficient (Wildman–Crippen LogP) is 6.04. The van der Waals surface area contributed by atoms with Crippen molar-refractivity contribution < 1.29 is 0 Å². The number of imidazole rings is 2. The maximum absolute atomic E-state index is 4.80. The van der Waals surface area contributed by atoms with Gasteiger partial charge >= 0.3 is 0 Å². The molecule has 5 aromatic rings. The van der Waals surface area contributed by atoms with E-state index in [1.807, 2.05) is 0 Å². The van der Waals surface area contributed by atoms with Crippen LogP contribution in [0.4, 0.5) is 0 Å². The van der Waals surface area contributed by atoms with Gasteiger partial charge in [-0.05, 0) is 85.3 Å². The highest BCUT2D eigenvalue weighted by Crippen LogP contribution is 2.30. The van der Waals surface area contributed by atoms with E-state index in [4.69, 9.17) is 9.97 Å². The summed E-state index contributed by atoms with van der Waals surface area (Å²) in [5.74, 6) is 2.11. The molecule has 0 radical (unpaired) electrons. The zero-order valence-electron chi connectivity index (χ0n) is 19.5. The van der Waals surface area contributed by atoms with Crippen molar-refractivity contribution in [2.45, 2.75) is 37.8 Å². The van der Waals surface area contributed by atoms with E-state index < -0.39 is 0 Å². The molecule has 178 valence electrons. The van der Waals surface area contributed by atoms with E-state index in [1.165, 1.54) is 35.1 Å².